The SMILES string of the molecule is CN1CC(C)(C)Nc2c(C(=O)O)cccc21. The van der Waals surface area contributed by atoms with Crippen molar-refractivity contribution in [1.29, 1.82) is 0 Å². The Morgan fingerprint density at radius 2 is 2.19 bits per heavy atom. The summed E-state index contributed by atoms with van der Waals surface area (Å²) < 4.78 is 0. The molecule has 1 aromatic carbocycles. The van der Waals surface area contributed by atoms with Gasteiger partial charge in [-0.1, -0.05) is 6.07 Å². The molecule has 0 spiro atoms. The molecule has 1 aromatic rings. The Hall–Kier alpha value is -1.71. The van der Waals surface area contributed by atoms with Crippen molar-refractivity contribution >= 4 is 17.3 Å². The van der Waals surface area contributed by atoms with E-state index in [1.807, 2.05) is 13.1 Å². The van der Waals surface area contributed by atoms with Gasteiger partial charge in [-0.15, -0.1) is 0 Å². The van der Waals surface area contributed by atoms with Crippen LogP contribution in [0.5, 0.6) is 0 Å². The van der Waals surface area contributed by atoms with Crippen LogP contribution in [0, 0.1) is 0 Å². The fraction of sp³-hybridized carbons (Fsp3) is 0.417. The lowest BCUT2D eigenvalue weighted by Crippen LogP contribution is -2.47. The number of fused-ring (bicyclic) bond motifs is 1. The Labute approximate surface area is 94.9 Å². The van der Waals surface area contributed by atoms with Crippen LogP contribution in [0.3, 0.4) is 0 Å². The quantitative estimate of drug-likeness (QED) is 0.760. The number of nitrogens with one attached hydrogen (secondary N) is 1. The largest absolute Gasteiger partial charge is 0.478 e. The van der Waals surface area contributed by atoms with Crippen molar-refractivity contribution in [2.45, 2.75) is 19.4 Å². The van der Waals surface area contributed by atoms with Crippen LogP contribution in [0.4, 0.5) is 11.4 Å². The van der Waals surface area contributed by atoms with E-state index in [1.54, 1.807) is 12.1 Å². The normalized spacial score (nSPS) is 17.6. The zero-order chi connectivity index (χ0) is 11.9. The first kappa shape index (κ1) is 10.8. The number of aromatic carboxylic acids is 1. The van der Waals surface area contributed by atoms with E-state index < -0.39 is 5.97 Å². The number of likely N-dealkylation sites (N-methyl/N-ethyl adjacent to an activating group) is 1. The predicted molar refractivity (Wildman–Crippen MR) is 64.4 cm³/mol. The predicted octanol–water partition coefficient (Wildman–Crippen LogP) is 2.03. The number of benzene rings is 1. The van der Waals surface area contributed by atoms with Crippen molar-refractivity contribution in [3.8, 4) is 0 Å². The Balaban J connectivity index is 2.57. The first-order chi connectivity index (χ1) is 7.41. The lowest BCUT2D eigenvalue weighted by Gasteiger charge is -2.40. The maximum Gasteiger partial charge on any atom is 0.337 e. The fourth-order valence-corrected chi connectivity index (χ4v) is 2.22. The Morgan fingerprint density at radius 1 is 1.50 bits per heavy atom. The van der Waals surface area contributed by atoms with E-state index in [1.165, 1.54) is 0 Å². The maximum absolute atomic E-state index is 11.1. The Kier molecular flexibility index (Phi) is 2.30. The molecule has 1 heterocycles. The molecule has 1 aliphatic rings. The molecule has 0 fully saturated rings. The summed E-state index contributed by atoms with van der Waals surface area (Å²) in [5.74, 6) is -0.893. The molecule has 0 amide bonds. The van der Waals surface area contributed by atoms with E-state index >= 15 is 0 Å². The van der Waals surface area contributed by atoms with Crippen molar-refractivity contribution in [1.82, 2.24) is 0 Å². The lowest BCUT2D eigenvalue weighted by atomic mass is 9.97. The second kappa shape index (κ2) is 3.40. The summed E-state index contributed by atoms with van der Waals surface area (Å²) >= 11 is 0. The molecule has 2 rings (SSSR count). The minimum atomic E-state index is -0.893. The zero-order valence-electron chi connectivity index (χ0n) is 9.74. The molecule has 0 atom stereocenters. The van der Waals surface area contributed by atoms with E-state index in [4.69, 9.17) is 5.11 Å². The first-order valence-electron chi connectivity index (χ1n) is 5.26. The van der Waals surface area contributed by atoms with Gasteiger partial charge in [-0.05, 0) is 26.0 Å². The highest BCUT2D eigenvalue weighted by molar-refractivity contribution is 5.98. The molecule has 0 radical (unpaired) electrons. The van der Waals surface area contributed by atoms with Crippen molar-refractivity contribution in [3.05, 3.63) is 23.8 Å². The van der Waals surface area contributed by atoms with Crippen molar-refractivity contribution < 1.29 is 9.90 Å². The molecule has 2 N–H and O–H groups in total. The minimum absolute atomic E-state index is 0.118. The highest BCUT2D eigenvalue weighted by atomic mass is 16.4. The minimum Gasteiger partial charge on any atom is -0.478 e. The number of nitrogens with zero attached hydrogens (tertiary/aromatic N) is 1. The van der Waals surface area contributed by atoms with Crippen LogP contribution in [-0.4, -0.2) is 30.2 Å². The monoisotopic (exact) mass is 220 g/mol. The number of rotatable bonds is 1. The standard InChI is InChI=1S/C12H16N2O2/c1-12(2)7-14(3)9-6-4-5-8(11(15)16)10(9)13-12/h4-6,13H,7H2,1-3H3,(H,15,16). The average Bonchev–Trinajstić information content (AvgIpc) is 2.14. The van der Waals surface area contributed by atoms with E-state index in [0.29, 0.717) is 11.3 Å². The molecule has 4 heteroatoms. The summed E-state index contributed by atoms with van der Waals surface area (Å²) in [5, 5.41) is 12.4. The molecule has 16 heavy (non-hydrogen) atoms. The molecule has 1 aliphatic heterocycles. The topological polar surface area (TPSA) is 52.6 Å². The molecule has 0 bridgehead atoms. The summed E-state index contributed by atoms with van der Waals surface area (Å²) in [7, 11) is 1.98. The molecule has 0 aromatic heterocycles. The van der Waals surface area contributed by atoms with Crippen LogP contribution in [0.15, 0.2) is 18.2 Å². The molecule has 86 valence electrons. The molecular weight excluding hydrogens is 204 g/mol. The zero-order valence-corrected chi connectivity index (χ0v) is 9.74. The van der Waals surface area contributed by atoms with Crippen molar-refractivity contribution in [3.63, 3.8) is 0 Å². The van der Waals surface area contributed by atoms with Gasteiger partial charge in [0.1, 0.15) is 0 Å². The number of carboxylic acids is 1. The molecule has 4 nitrogen and oxygen atoms in total. The molecular formula is C12H16N2O2. The van der Waals surface area contributed by atoms with Crippen LogP contribution >= 0.6 is 0 Å². The second-order valence-corrected chi connectivity index (χ2v) is 4.87. The number of anilines is 2. The lowest BCUT2D eigenvalue weighted by molar-refractivity contribution is 0.0698. The van der Waals surface area contributed by atoms with E-state index in [-0.39, 0.29) is 5.54 Å². The van der Waals surface area contributed by atoms with Crippen LogP contribution in [0.25, 0.3) is 0 Å². The van der Waals surface area contributed by atoms with Crippen molar-refractivity contribution in [2.75, 3.05) is 23.8 Å². The third kappa shape index (κ3) is 1.71. The van der Waals surface area contributed by atoms with Gasteiger partial charge in [0.05, 0.1) is 16.9 Å². The van der Waals surface area contributed by atoms with Gasteiger partial charge in [-0.2, -0.15) is 0 Å². The number of hydrogen-bond acceptors (Lipinski definition) is 3. The Morgan fingerprint density at radius 3 is 2.81 bits per heavy atom. The summed E-state index contributed by atoms with van der Waals surface area (Å²) in [6.45, 7) is 4.97. The van der Waals surface area contributed by atoms with Gasteiger partial charge in [0.2, 0.25) is 0 Å². The molecule has 0 saturated heterocycles. The number of carbonyl (C=O) groups is 1. The highest BCUT2D eigenvalue weighted by Crippen LogP contribution is 2.36. The summed E-state index contributed by atoms with van der Waals surface area (Å²) in [6, 6.07) is 5.34. The number of carboxylic acid groups (broad SMARTS) is 1. The van der Waals surface area contributed by atoms with Crippen LogP contribution < -0.4 is 10.2 Å². The average molecular weight is 220 g/mol. The third-order valence-electron chi connectivity index (χ3n) is 2.78. The van der Waals surface area contributed by atoms with Gasteiger partial charge in [0.15, 0.2) is 0 Å². The fourth-order valence-electron chi connectivity index (χ4n) is 2.22. The summed E-state index contributed by atoms with van der Waals surface area (Å²) in [4.78, 5) is 13.2. The van der Waals surface area contributed by atoms with Gasteiger partial charge in [0.25, 0.3) is 0 Å². The second-order valence-electron chi connectivity index (χ2n) is 4.87. The molecule has 0 unspecified atom stereocenters. The van der Waals surface area contributed by atoms with Gasteiger partial charge >= 0.3 is 5.97 Å². The van der Waals surface area contributed by atoms with Crippen LogP contribution in [-0.2, 0) is 0 Å². The van der Waals surface area contributed by atoms with Crippen molar-refractivity contribution in [2.24, 2.45) is 0 Å². The number of hydrogen-bond donors (Lipinski definition) is 2. The third-order valence-corrected chi connectivity index (χ3v) is 2.78. The van der Waals surface area contributed by atoms with E-state index in [0.717, 1.165) is 12.2 Å². The smallest absolute Gasteiger partial charge is 0.337 e. The first-order valence-corrected chi connectivity index (χ1v) is 5.26. The van der Waals surface area contributed by atoms with Gasteiger partial charge in [-0.25, -0.2) is 4.79 Å². The van der Waals surface area contributed by atoms with Crippen LogP contribution in [0.1, 0.15) is 24.2 Å². The van der Waals surface area contributed by atoms with E-state index in [9.17, 15) is 4.79 Å². The Bertz CT molecular complexity index is 441. The van der Waals surface area contributed by atoms with Gasteiger partial charge in [0, 0.05) is 19.1 Å². The highest BCUT2D eigenvalue weighted by Gasteiger charge is 2.30. The number of para-hydroxylation sites is 1. The van der Waals surface area contributed by atoms with Gasteiger partial charge in [-0.3, -0.25) is 0 Å². The van der Waals surface area contributed by atoms with Crippen LogP contribution in [0.2, 0.25) is 0 Å². The summed E-state index contributed by atoms with van der Waals surface area (Å²) in [5.41, 5.74) is 1.87. The van der Waals surface area contributed by atoms with Gasteiger partial charge < -0.3 is 15.3 Å². The molecule has 0 aliphatic carbocycles. The summed E-state index contributed by atoms with van der Waals surface area (Å²) in [6.07, 6.45) is 0. The maximum atomic E-state index is 11.1. The van der Waals surface area contributed by atoms with E-state index in [2.05, 4.69) is 24.1 Å². The molecule has 0 saturated carbocycles.